The van der Waals surface area contributed by atoms with Crippen molar-refractivity contribution in [3.05, 3.63) is 59.2 Å². The van der Waals surface area contributed by atoms with Crippen molar-refractivity contribution in [2.75, 3.05) is 23.3 Å². The average Bonchev–Trinajstić information content (AvgIpc) is 2.89. The molecule has 0 amide bonds. The summed E-state index contributed by atoms with van der Waals surface area (Å²) in [6, 6.07) is 16.2. The van der Waals surface area contributed by atoms with Gasteiger partial charge in [0.15, 0.2) is 0 Å². The molecule has 4 rings (SSSR count). The SMILES string of the molecule is Cc1ccc2c(c1)CCCN2CC1Cc2ccccc2N1. The lowest BCUT2D eigenvalue weighted by atomic mass is 9.99. The van der Waals surface area contributed by atoms with Gasteiger partial charge >= 0.3 is 0 Å². The number of hydrogen-bond donors (Lipinski definition) is 1. The van der Waals surface area contributed by atoms with Crippen LogP contribution in [0.1, 0.15) is 23.1 Å². The van der Waals surface area contributed by atoms with E-state index in [1.165, 1.54) is 47.5 Å². The lowest BCUT2D eigenvalue weighted by molar-refractivity contribution is 0.638. The maximum Gasteiger partial charge on any atom is 0.0477 e. The van der Waals surface area contributed by atoms with E-state index >= 15 is 0 Å². The van der Waals surface area contributed by atoms with Crippen LogP contribution in [0.25, 0.3) is 0 Å². The fraction of sp³-hybridized carbons (Fsp3) is 0.368. The van der Waals surface area contributed by atoms with Crippen LogP contribution in [0, 0.1) is 6.92 Å². The molecule has 0 radical (unpaired) electrons. The Balaban J connectivity index is 1.53. The first-order valence-electron chi connectivity index (χ1n) is 7.98. The van der Waals surface area contributed by atoms with Crippen LogP contribution in [0.2, 0.25) is 0 Å². The third-order valence-corrected chi connectivity index (χ3v) is 4.73. The number of anilines is 2. The van der Waals surface area contributed by atoms with Gasteiger partial charge in [0, 0.05) is 30.5 Å². The second-order valence-electron chi connectivity index (χ2n) is 6.38. The molecule has 0 fully saturated rings. The molecule has 2 aliphatic heterocycles. The van der Waals surface area contributed by atoms with Gasteiger partial charge in [-0.15, -0.1) is 0 Å². The first-order chi connectivity index (χ1) is 10.3. The van der Waals surface area contributed by atoms with Crippen molar-refractivity contribution in [1.82, 2.24) is 0 Å². The van der Waals surface area contributed by atoms with Gasteiger partial charge in [0.05, 0.1) is 0 Å². The fourth-order valence-corrected chi connectivity index (χ4v) is 3.75. The average molecular weight is 278 g/mol. The Hall–Kier alpha value is -1.96. The predicted octanol–water partition coefficient (Wildman–Crippen LogP) is 3.78. The molecule has 108 valence electrons. The molecular formula is C19H22N2. The molecule has 1 N–H and O–H groups in total. The zero-order valence-electron chi connectivity index (χ0n) is 12.6. The maximum absolute atomic E-state index is 3.68. The van der Waals surface area contributed by atoms with Crippen molar-refractivity contribution >= 4 is 11.4 Å². The Labute approximate surface area is 126 Å². The van der Waals surface area contributed by atoms with E-state index in [1.807, 2.05) is 0 Å². The number of aryl methyl sites for hydroxylation is 2. The van der Waals surface area contributed by atoms with Crippen molar-refractivity contribution in [2.45, 2.75) is 32.2 Å². The largest absolute Gasteiger partial charge is 0.380 e. The number of benzene rings is 2. The summed E-state index contributed by atoms with van der Waals surface area (Å²) in [6.45, 7) is 4.48. The molecule has 0 saturated carbocycles. The maximum atomic E-state index is 3.68. The zero-order valence-corrected chi connectivity index (χ0v) is 12.6. The highest BCUT2D eigenvalue weighted by Crippen LogP contribution is 2.31. The predicted molar refractivity (Wildman–Crippen MR) is 89.3 cm³/mol. The van der Waals surface area contributed by atoms with Crippen molar-refractivity contribution < 1.29 is 0 Å². The van der Waals surface area contributed by atoms with Gasteiger partial charge in [0.1, 0.15) is 0 Å². The fourth-order valence-electron chi connectivity index (χ4n) is 3.75. The van der Waals surface area contributed by atoms with E-state index in [1.54, 1.807) is 0 Å². The van der Waals surface area contributed by atoms with Crippen LogP contribution >= 0.6 is 0 Å². The third-order valence-electron chi connectivity index (χ3n) is 4.73. The lowest BCUT2D eigenvalue weighted by Gasteiger charge is -2.33. The highest BCUT2D eigenvalue weighted by Gasteiger charge is 2.24. The number of hydrogen-bond acceptors (Lipinski definition) is 2. The van der Waals surface area contributed by atoms with E-state index in [-0.39, 0.29) is 0 Å². The normalized spacial score (nSPS) is 19.9. The minimum Gasteiger partial charge on any atom is -0.380 e. The van der Waals surface area contributed by atoms with Gasteiger partial charge in [-0.1, -0.05) is 35.9 Å². The van der Waals surface area contributed by atoms with Gasteiger partial charge < -0.3 is 10.2 Å². The molecule has 2 heterocycles. The van der Waals surface area contributed by atoms with Crippen LogP contribution in [0.5, 0.6) is 0 Å². The third kappa shape index (κ3) is 2.39. The number of para-hydroxylation sites is 1. The van der Waals surface area contributed by atoms with E-state index < -0.39 is 0 Å². The van der Waals surface area contributed by atoms with Crippen molar-refractivity contribution in [2.24, 2.45) is 0 Å². The first kappa shape index (κ1) is 12.8. The minimum atomic E-state index is 0.537. The Morgan fingerprint density at radius 1 is 1.14 bits per heavy atom. The van der Waals surface area contributed by atoms with Gasteiger partial charge in [0.25, 0.3) is 0 Å². The Kier molecular flexibility index (Phi) is 3.10. The first-order valence-corrected chi connectivity index (χ1v) is 7.98. The van der Waals surface area contributed by atoms with E-state index in [0.29, 0.717) is 6.04 Å². The van der Waals surface area contributed by atoms with Crippen molar-refractivity contribution in [1.29, 1.82) is 0 Å². The van der Waals surface area contributed by atoms with Gasteiger partial charge in [-0.3, -0.25) is 0 Å². The lowest BCUT2D eigenvalue weighted by Crippen LogP contribution is -2.38. The number of nitrogens with zero attached hydrogens (tertiary/aromatic N) is 1. The van der Waals surface area contributed by atoms with Crippen LogP contribution < -0.4 is 10.2 Å². The molecule has 0 bridgehead atoms. The summed E-state index contributed by atoms with van der Waals surface area (Å²) in [5, 5.41) is 3.68. The topological polar surface area (TPSA) is 15.3 Å². The highest BCUT2D eigenvalue weighted by molar-refractivity contribution is 5.60. The number of nitrogens with one attached hydrogen (secondary N) is 1. The molecule has 0 saturated heterocycles. The van der Waals surface area contributed by atoms with E-state index in [0.717, 1.165) is 13.0 Å². The Morgan fingerprint density at radius 3 is 2.95 bits per heavy atom. The summed E-state index contributed by atoms with van der Waals surface area (Å²) in [7, 11) is 0. The van der Waals surface area contributed by atoms with Crippen molar-refractivity contribution in [3.63, 3.8) is 0 Å². The van der Waals surface area contributed by atoms with E-state index in [4.69, 9.17) is 0 Å². The summed E-state index contributed by atoms with van der Waals surface area (Å²) < 4.78 is 0. The van der Waals surface area contributed by atoms with Crippen LogP contribution in [0.3, 0.4) is 0 Å². The summed E-state index contributed by atoms with van der Waals surface area (Å²) in [4.78, 5) is 2.57. The molecule has 2 aromatic rings. The quantitative estimate of drug-likeness (QED) is 0.899. The number of rotatable bonds is 2. The molecule has 0 aliphatic carbocycles. The van der Waals surface area contributed by atoms with Crippen LogP contribution in [0.4, 0.5) is 11.4 Å². The van der Waals surface area contributed by atoms with Gasteiger partial charge in [-0.2, -0.15) is 0 Å². The summed E-state index contributed by atoms with van der Waals surface area (Å²) in [5.74, 6) is 0. The van der Waals surface area contributed by atoms with Gasteiger partial charge in [-0.25, -0.2) is 0 Å². The molecule has 2 nitrogen and oxygen atoms in total. The smallest absolute Gasteiger partial charge is 0.0477 e. The second-order valence-corrected chi connectivity index (χ2v) is 6.38. The number of fused-ring (bicyclic) bond motifs is 2. The highest BCUT2D eigenvalue weighted by atomic mass is 15.2. The summed E-state index contributed by atoms with van der Waals surface area (Å²) in [5.41, 5.74) is 7.13. The standard InChI is InChI=1S/C19H22N2/c1-14-8-9-19-16(11-14)6-4-10-21(19)13-17-12-15-5-2-3-7-18(15)20-17/h2-3,5,7-9,11,17,20H,4,6,10,12-13H2,1H3. The van der Waals surface area contributed by atoms with Gasteiger partial charge in [-0.05, 0) is 49.4 Å². The molecule has 2 aliphatic rings. The molecule has 1 unspecified atom stereocenters. The molecule has 2 heteroatoms. The van der Waals surface area contributed by atoms with Crippen molar-refractivity contribution in [3.8, 4) is 0 Å². The van der Waals surface area contributed by atoms with Crippen LogP contribution in [-0.4, -0.2) is 19.1 Å². The molecule has 0 spiro atoms. The monoisotopic (exact) mass is 278 g/mol. The molecule has 21 heavy (non-hydrogen) atoms. The molecule has 2 aromatic carbocycles. The Bertz CT molecular complexity index is 637. The summed E-state index contributed by atoms with van der Waals surface area (Å²) in [6.07, 6.45) is 3.65. The van der Waals surface area contributed by atoms with Crippen LogP contribution in [0.15, 0.2) is 42.5 Å². The van der Waals surface area contributed by atoms with Gasteiger partial charge in [0.2, 0.25) is 0 Å². The second kappa shape index (κ2) is 5.10. The van der Waals surface area contributed by atoms with E-state index in [2.05, 4.69) is 59.6 Å². The molecule has 0 aromatic heterocycles. The zero-order chi connectivity index (χ0) is 14.2. The minimum absolute atomic E-state index is 0.537. The summed E-state index contributed by atoms with van der Waals surface area (Å²) >= 11 is 0. The van der Waals surface area contributed by atoms with Crippen LogP contribution in [-0.2, 0) is 12.8 Å². The Morgan fingerprint density at radius 2 is 2.05 bits per heavy atom. The molecular weight excluding hydrogens is 256 g/mol. The molecule has 1 atom stereocenters. The van der Waals surface area contributed by atoms with E-state index in [9.17, 15) is 0 Å².